The van der Waals surface area contributed by atoms with Crippen LogP contribution in [0.15, 0.2) is 70.4 Å². The van der Waals surface area contributed by atoms with E-state index in [0.717, 1.165) is 39.6 Å². The molecule has 2 aromatic carbocycles. The molecule has 1 aromatic heterocycles. The summed E-state index contributed by atoms with van der Waals surface area (Å²) in [6.07, 6.45) is 3.78. The summed E-state index contributed by atoms with van der Waals surface area (Å²) >= 11 is 10.5. The van der Waals surface area contributed by atoms with Gasteiger partial charge in [-0.05, 0) is 25.1 Å². The zero-order valence-electron chi connectivity index (χ0n) is 13.7. The van der Waals surface area contributed by atoms with Crippen LogP contribution in [0.2, 0.25) is 0 Å². The van der Waals surface area contributed by atoms with Crippen LogP contribution in [0.4, 0.5) is 11.4 Å². The molecule has 1 aliphatic heterocycles. The number of fused-ring (bicyclic) bond motifs is 1. The minimum atomic E-state index is 0.215. The van der Waals surface area contributed by atoms with Gasteiger partial charge in [0.25, 0.3) is 0 Å². The average molecular weight is 417 g/mol. The Bertz CT molecular complexity index is 965. The van der Waals surface area contributed by atoms with Crippen LogP contribution in [-0.4, -0.2) is 21.9 Å². The number of hydrogen-bond acceptors (Lipinski definition) is 2. The smallest absolute Gasteiger partial charge is 0.247 e. The van der Waals surface area contributed by atoms with Crippen molar-refractivity contribution in [3.8, 4) is 11.4 Å². The standard InChI is InChI=1S/C19H17BrClN4/c1-2-25(21)17-9-4-3-8-16(17)23-18(25)13-24-11-10-22-19(24)14-6-5-7-15(20)12-14/h3-12H,2,13H2,1H3/q+1. The topological polar surface area (TPSA) is 30.2 Å². The molecule has 0 amide bonds. The molecule has 1 aliphatic rings. The summed E-state index contributed by atoms with van der Waals surface area (Å²) in [5, 5.41) is 0. The van der Waals surface area contributed by atoms with Crippen molar-refractivity contribution in [1.29, 1.82) is 0 Å². The average Bonchev–Trinajstić information content (AvgIpc) is 3.19. The molecule has 0 fully saturated rings. The Labute approximate surface area is 160 Å². The molecule has 0 aliphatic carbocycles. The number of aliphatic imine (C=N–C) groups is 1. The first kappa shape index (κ1) is 16.5. The first-order valence-corrected chi connectivity index (χ1v) is 9.27. The molecule has 6 heteroatoms. The molecule has 1 unspecified atom stereocenters. The Morgan fingerprint density at radius 3 is 2.80 bits per heavy atom. The zero-order chi connectivity index (χ0) is 17.4. The number of halogens is 2. The summed E-state index contributed by atoms with van der Waals surface area (Å²) in [7, 11) is 0. The van der Waals surface area contributed by atoms with E-state index < -0.39 is 0 Å². The summed E-state index contributed by atoms with van der Waals surface area (Å²) in [4.78, 5) is 9.33. The number of benzene rings is 2. The van der Waals surface area contributed by atoms with Gasteiger partial charge < -0.3 is 4.57 Å². The number of likely N-dealkylation sites (N-methyl/N-ethyl adjacent to an activating group) is 1. The summed E-state index contributed by atoms with van der Waals surface area (Å²) in [5.41, 5.74) is 3.03. The lowest BCUT2D eigenvalue weighted by Gasteiger charge is -2.24. The second-order valence-electron chi connectivity index (χ2n) is 5.94. The van der Waals surface area contributed by atoms with Crippen molar-refractivity contribution < 1.29 is 0 Å². The number of imidazole rings is 1. The van der Waals surface area contributed by atoms with Gasteiger partial charge in [0, 0.05) is 28.5 Å². The maximum absolute atomic E-state index is 6.96. The molecule has 3 aromatic rings. The molecule has 0 saturated heterocycles. The van der Waals surface area contributed by atoms with E-state index in [4.69, 9.17) is 16.8 Å². The Morgan fingerprint density at radius 2 is 2.00 bits per heavy atom. The largest absolute Gasteiger partial charge is 0.319 e. The van der Waals surface area contributed by atoms with Crippen LogP contribution >= 0.6 is 27.7 Å². The lowest BCUT2D eigenvalue weighted by Crippen LogP contribution is -2.44. The van der Waals surface area contributed by atoms with Gasteiger partial charge in [0.2, 0.25) is 5.84 Å². The normalized spacial score (nSPS) is 18.9. The monoisotopic (exact) mass is 415 g/mol. The second kappa shape index (κ2) is 6.41. The molecule has 0 bridgehead atoms. The molecule has 4 rings (SSSR count). The Morgan fingerprint density at radius 1 is 1.16 bits per heavy atom. The molecule has 2 heterocycles. The van der Waals surface area contributed by atoms with Crippen molar-refractivity contribution in [3.05, 3.63) is 65.4 Å². The molecule has 126 valence electrons. The molecule has 1 atom stereocenters. The third-order valence-electron chi connectivity index (χ3n) is 4.47. The van der Waals surface area contributed by atoms with Gasteiger partial charge in [-0.3, -0.25) is 0 Å². The number of rotatable bonds is 4. The lowest BCUT2D eigenvalue weighted by atomic mass is 10.2. The van der Waals surface area contributed by atoms with Crippen LogP contribution in [-0.2, 0) is 6.54 Å². The Kier molecular flexibility index (Phi) is 4.23. The molecule has 25 heavy (non-hydrogen) atoms. The van der Waals surface area contributed by atoms with E-state index in [2.05, 4.69) is 44.5 Å². The van der Waals surface area contributed by atoms with Gasteiger partial charge in [-0.2, -0.15) is 4.99 Å². The van der Waals surface area contributed by atoms with Crippen LogP contribution in [0.25, 0.3) is 11.4 Å². The Balaban J connectivity index is 1.72. The van der Waals surface area contributed by atoms with E-state index in [1.165, 1.54) is 0 Å². The van der Waals surface area contributed by atoms with E-state index in [-0.39, 0.29) is 4.00 Å². The van der Waals surface area contributed by atoms with Crippen molar-refractivity contribution in [1.82, 2.24) is 13.6 Å². The van der Waals surface area contributed by atoms with Gasteiger partial charge in [-0.1, -0.05) is 40.2 Å². The quantitative estimate of drug-likeness (QED) is 0.514. The number of para-hydroxylation sites is 2. The van der Waals surface area contributed by atoms with Crippen LogP contribution in [0.1, 0.15) is 6.92 Å². The number of quaternary nitrogens is 1. The first-order valence-electron chi connectivity index (χ1n) is 8.14. The zero-order valence-corrected chi connectivity index (χ0v) is 16.1. The van der Waals surface area contributed by atoms with Crippen molar-refractivity contribution in [3.63, 3.8) is 0 Å². The van der Waals surface area contributed by atoms with E-state index in [1.807, 2.05) is 48.8 Å². The van der Waals surface area contributed by atoms with Crippen molar-refractivity contribution in [2.24, 2.45) is 4.99 Å². The van der Waals surface area contributed by atoms with Crippen LogP contribution in [0.5, 0.6) is 0 Å². The molecular weight excluding hydrogens is 400 g/mol. The minimum Gasteiger partial charge on any atom is -0.319 e. The molecule has 0 N–H and O–H groups in total. The van der Waals surface area contributed by atoms with Crippen LogP contribution in [0.3, 0.4) is 0 Å². The third-order valence-corrected chi connectivity index (χ3v) is 5.58. The van der Waals surface area contributed by atoms with Crippen molar-refractivity contribution >= 4 is 44.9 Å². The first-order chi connectivity index (χ1) is 12.1. The predicted molar refractivity (Wildman–Crippen MR) is 107 cm³/mol. The number of amidine groups is 1. The molecule has 0 spiro atoms. The summed E-state index contributed by atoms with van der Waals surface area (Å²) in [6, 6.07) is 16.2. The summed E-state index contributed by atoms with van der Waals surface area (Å²) in [6.45, 7) is 3.40. The highest BCUT2D eigenvalue weighted by atomic mass is 79.9. The number of nitrogens with zero attached hydrogens (tertiary/aromatic N) is 4. The molecule has 0 radical (unpaired) electrons. The van der Waals surface area contributed by atoms with Gasteiger partial charge >= 0.3 is 0 Å². The van der Waals surface area contributed by atoms with Crippen LogP contribution in [0, 0.1) is 0 Å². The molecular formula is C19H17BrClN4+. The maximum Gasteiger partial charge on any atom is 0.247 e. The fourth-order valence-electron chi connectivity index (χ4n) is 3.19. The maximum atomic E-state index is 6.96. The minimum absolute atomic E-state index is 0.215. The fraction of sp³-hybridized carbons (Fsp3) is 0.158. The molecule has 4 nitrogen and oxygen atoms in total. The van der Waals surface area contributed by atoms with Crippen molar-refractivity contribution in [2.75, 3.05) is 6.54 Å². The fourth-order valence-corrected chi connectivity index (χ4v) is 3.83. The predicted octanol–water partition coefficient (Wildman–Crippen LogP) is 5.54. The number of aromatic nitrogens is 2. The number of hydrogen-bond donors (Lipinski definition) is 0. The second-order valence-corrected chi connectivity index (χ2v) is 7.43. The van der Waals surface area contributed by atoms with Gasteiger partial charge in [-0.15, -0.1) is 4.00 Å². The van der Waals surface area contributed by atoms with Gasteiger partial charge in [0.05, 0.1) is 0 Å². The van der Waals surface area contributed by atoms with Crippen molar-refractivity contribution in [2.45, 2.75) is 13.5 Å². The highest BCUT2D eigenvalue weighted by Gasteiger charge is 2.42. The highest BCUT2D eigenvalue weighted by molar-refractivity contribution is 9.10. The van der Waals surface area contributed by atoms with Gasteiger partial charge in [-0.25, -0.2) is 4.98 Å². The van der Waals surface area contributed by atoms with E-state index in [9.17, 15) is 0 Å². The highest BCUT2D eigenvalue weighted by Crippen LogP contribution is 2.42. The summed E-state index contributed by atoms with van der Waals surface area (Å²) < 4.78 is 3.34. The van der Waals surface area contributed by atoms with Crippen LogP contribution < -0.4 is 4.00 Å². The van der Waals surface area contributed by atoms with Gasteiger partial charge in [0.1, 0.15) is 24.6 Å². The lowest BCUT2D eigenvalue weighted by molar-refractivity contribution is 0.644. The third kappa shape index (κ3) is 2.82. The van der Waals surface area contributed by atoms with E-state index in [0.29, 0.717) is 6.54 Å². The Hall–Kier alpha value is -1.95. The van der Waals surface area contributed by atoms with E-state index in [1.54, 1.807) is 0 Å². The van der Waals surface area contributed by atoms with E-state index >= 15 is 0 Å². The molecule has 0 saturated carbocycles. The van der Waals surface area contributed by atoms with Gasteiger partial charge in [0.15, 0.2) is 17.5 Å². The SMILES string of the molecule is CC[N+]1(Cl)C(Cn2ccnc2-c2cccc(Br)c2)=Nc2ccccc21. The summed E-state index contributed by atoms with van der Waals surface area (Å²) in [5.74, 6) is 1.80.